The molecule has 0 aliphatic carbocycles. The first-order valence-corrected chi connectivity index (χ1v) is 16.1. The van der Waals surface area contributed by atoms with Gasteiger partial charge in [0, 0.05) is 46.2 Å². The third-order valence-electron chi connectivity index (χ3n) is 7.33. The monoisotopic (exact) mass is 688 g/mol. The molecule has 12 nitrogen and oxygen atoms in total. The molecule has 0 spiro atoms. The van der Waals surface area contributed by atoms with Gasteiger partial charge in [-0.25, -0.2) is 8.42 Å². The average Bonchev–Trinajstić information content (AvgIpc) is 3.02. The van der Waals surface area contributed by atoms with Crippen LogP contribution in [0.3, 0.4) is 0 Å². The van der Waals surface area contributed by atoms with Gasteiger partial charge in [-0.05, 0) is 23.8 Å². The summed E-state index contributed by atoms with van der Waals surface area (Å²) in [6, 6.07) is 15.5. The van der Waals surface area contributed by atoms with Crippen molar-refractivity contribution in [2.75, 3.05) is 48.7 Å². The van der Waals surface area contributed by atoms with E-state index in [2.05, 4.69) is 0 Å². The number of hydrogen-bond acceptors (Lipinski definition) is 9. The van der Waals surface area contributed by atoms with Crippen LogP contribution < -0.4 is 28.2 Å². The molecule has 46 heavy (non-hydrogen) atoms. The molecule has 0 fully saturated rings. The van der Waals surface area contributed by atoms with Crippen LogP contribution in [0.2, 0.25) is 10.0 Å². The van der Waals surface area contributed by atoms with Crippen LogP contribution in [-0.2, 0) is 26.2 Å². The zero-order valence-corrected chi connectivity index (χ0v) is 26.3. The van der Waals surface area contributed by atoms with E-state index in [0.29, 0.717) is 51.8 Å². The summed E-state index contributed by atoms with van der Waals surface area (Å²) in [6.07, 6.45) is 0. The van der Waals surface area contributed by atoms with Gasteiger partial charge in [0.05, 0.1) is 10.7 Å². The molecule has 4 aromatic rings. The molecule has 0 saturated heterocycles. The Kier molecular flexibility index (Phi) is 8.64. The first-order valence-electron chi connectivity index (χ1n) is 13.9. The summed E-state index contributed by atoms with van der Waals surface area (Å²) >= 11 is 13.0. The summed E-state index contributed by atoms with van der Waals surface area (Å²) in [5.41, 5.74) is 1.06. The van der Waals surface area contributed by atoms with Crippen LogP contribution in [0.15, 0.2) is 65.6 Å². The Bertz CT molecular complexity index is 1970. The van der Waals surface area contributed by atoms with Gasteiger partial charge in [-0.2, -0.15) is 0 Å². The molecule has 0 unspecified atom stereocenters. The number of carbonyl (C=O) groups is 2. The lowest BCUT2D eigenvalue weighted by Gasteiger charge is -2.29. The molecule has 0 amide bonds. The summed E-state index contributed by atoms with van der Waals surface area (Å²) in [5, 5.41) is 20.6. The lowest BCUT2D eigenvalue weighted by atomic mass is 10.0. The Balaban J connectivity index is 1.46. The Morgan fingerprint density at radius 1 is 0.696 bits per heavy atom. The zero-order chi connectivity index (χ0) is 32.6. The lowest BCUT2D eigenvalue weighted by Crippen LogP contribution is -2.36. The third-order valence-corrected chi connectivity index (χ3v) is 9.91. The minimum absolute atomic E-state index is 0.0420. The highest BCUT2D eigenvalue weighted by Gasteiger charge is 2.33. The van der Waals surface area contributed by atoms with Crippen molar-refractivity contribution >= 4 is 67.3 Å². The van der Waals surface area contributed by atoms with Gasteiger partial charge in [0.15, 0.2) is 23.0 Å². The fraction of sp³-hybridized carbons (Fsp3) is 0.226. The number of benzene rings is 4. The fourth-order valence-electron chi connectivity index (χ4n) is 5.37. The molecule has 2 heterocycles. The number of nitrogens with zero attached hydrogens (tertiary/aromatic N) is 2. The fourth-order valence-corrected chi connectivity index (χ4v) is 7.52. The second-order valence-corrected chi connectivity index (χ2v) is 13.0. The predicted octanol–water partition coefficient (Wildman–Crippen LogP) is 5.06. The van der Waals surface area contributed by atoms with Gasteiger partial charge in [0.2, 0.25) is 0 Å². The summed E-state index contributed by atoms with van der Waals surface area (Å²) in [4.78, 5) is 25.3. The molecule has 6 rings (SSSR count). The standard InChI is InChI=1S/C31H26Cl2N2O10S/c32-21-12-26-25(42-7-8-43-26)11-18(21)15-34(16-30(36)37)23-5-6-24(20-4-2-1-3-19(20)23)35(17-31(38)39)46(40,41)29-14-28-27(13-22(29)33)44-9-10-45-28/h1-6,11-14H,7-10,15-17H2,(H,36,37)(H,38,39). The van der Waals surface area contributed by atoms with Gasteiger partial charge >= 0.3 is 11.9 Å². The van der Waals surface area contributed by atoms with Crippen LogP contribution in [0.25, 0.3) is 10.8 Å². The topological polar surface area (TPSA) is 152 Å². The molecule has 0 aromatic heterocycles. The highest BCUT2D eigenvalue weighted by atomic mass is 35.5. The molecule has 0 atom stereocenters. The minimum atomic E-state index is -4.59. The molecule has 2 N–H and O–H groups in total. The Morgan fingerprint density at radius 2 is 1.20 bits per heavy atom. The van der Waals surface area contributed by atoms with Gasteiger partial charge in [-0.15, -0.1) is 0 Å². The Hall–Kier alpha value is -4.59. The molecule has 240 valence electrons. The third kappa shape index (κ3) is 6.13. The highest BCUT2D eigenvalue weighted by molar-refractivity contribution is 7.93. The number of anilines is 2. The molecule has 2 aliphatic rings. The van der Waals surface area contributed by atoms with Crippen molar-refractivity contribution in [3.8, 4) is 23.0 Å². The summed E-state index contributed by atoms with van der Waals surface area (Å²) in [7, 11) is -4.59. The first-order chi connectivity index (χ1) is 22.0. The molecule has 0 radical (unpaired) electrons. The Labute approximate surface area is 273 Å². The number of hydrogen-bond donors (Lipinski definition) is 2. The Morgan fingerprint density at radius 3 is 1.78 bits per heavy atom. The summed E-state index contributed by atoms with van der Waals surface area (Å²) < 4.78 is 51.4. The van der Waals surface area contributed by atoms with E-state index in [9.17, 15) is 28.2 Å². The molecular weight excluding hydrogens is 663 g/mol. The number of aliphatic carboxylic acids is 2. The van der Waals surface area contributed by atoms with Gasteiger partial charge in [-0.1, -0.05) is 47.5 Å². The number of carboxylic acid groups (broad SMARTS) is 2. The van der Waals surface area contributed by atoms with E-state index in [-0.39, 0.29) is 46.9 Å². The van der Waals surface area contributed by atoms with Crippen molar-refractivity contribution in [1.82, 2.24) is 0 Å². The zero-order valence-electron chi connectivity index (χ0n) is 23.9. The summed E-state index contributed by atoms with van der Waals surface area (Å²) in [6.45, 7) is -0.120. The second kappa shape index (κ2) is 12.7. The van der Waals surface area contributed by atoms with Crippen LogP contribution in [0.1, 0.15) is 5.56 Å². The predicted molar refractivity (Wildman–Crippen MR) is 170 cm³/mol. The smallest absolute Gasteiger partial charge is 0.324 e. The van der Waals surface area contributed by atoms with Crippen LogP contribution >= 0.6 is 23.2 Å². The van der Waals surface area contributed by atoms with E-state index in [4.69, 9.17) is 42.1 Å². The molecule has 0 saturated carbocycles. The van der Waals surface area contributed by atoms with Crippen LogP contribution in [-0.4, -0.2) is 70.1 Å². The van der Waals surface area contributed by atoms with E-state index < -0.39 is 35.1 Å². The first kappa shape index (κ1) is 31.4. The van der Waals surface area contributed by atoms with Crippen molar-refractivity contribution in [2.24, 2.45) is 0 Å². The number of rotatable bonds is 10. The highest BCUT2D eigenvalue weighted by Crippen LogP contribution is 2.42. The number of sulfonamides is 1. The van der Waals surface area contributed by atoms with Crippen molar-refractivity contribution in [3.05, 3.63) is 76.3 Å². The maximum Gasteiger partial charge on any atom is 0.324 e. The molecule has 0 bridgehead atoms. The molecule has 4 aromatic carbocycles. The van der Waals surface area contributed by atoms with Crippen molar-refractivity contribution in [1.29, 1.82) is 0 Å². The maximum absolute atomic E-state index is 14.1. The average molecular weight is 690 g/mol. The van der Waals surface area contributed by atoms with E-state index in [1.165, 1.54) is 18.2 Å². The normalized spacial score (nSPS) is 13.7. The largest absolute Gasteiger partial charge is 0.486 e. The molecule has 2 aliphatic heterocycles. The van der Waals surface area contributed by atoms with Gasteiger partial charge in [0.1, 0.15) is 44.4 Å². The van der Waals surface area contributed by atoms with E-state index in [1.807, 2.05) is 0 Å². The number of halogens is 2. The minimum Gasteiger partial charge on any atom is -0.486 e. The number of ether oxygens (including phenoxy) is 4. The molecule has 15 heteroatoms. The quantitative estimate of drug-likeness (QED) is 0.230. The van der Waals surface area contributed by atoms with E-state index in [0.717, 1.165) is 4.31 Å². The second-order valence-electron chi connectivity index (χ2n) is 10.3. The van der Waals surface area contributed by atoms with Gasteiger partial charge in [0.25, 0.3) is 10.0 Å². The van der Waals surface area contributed by atoms with Crippen LogP contribution in [0, 0.1) is 0 Å². The van der Waals surface area contributed by atoms with Crippen molar-refractivity contribution in [3.63, 3.8) is 0 Å². The van der Waals surface area contributed by atoms with Gasteiger partial charge < -0.3 is 34.1 Å². The molecular formula is C31H26Cl2N2O10S. The van der Waals surface area contributed by atoms with Gasteiger partial charge in [-0.3, -0.25) is 13.9 Å². The van der Waals surface area contributed by atoms with E-state index in [1.54, 1.807) is 47.4 Å². The SMILES string of the molecule is O=C(O)CN(Cc1cc2c(cc1Cl)OCCO2)c1ccc(N(CC(=O)O)S(=O)(=O)c2cc3c(cc2Cl)OCCO3)c2ccccc12. The van der Waals surface area contributed by atoms with Crippen LogP contribution in [0.4, 0.5) is 11.4 Å². The number of carboxylic acids is 2. The number of fused-ring (bicyclic) bond motifs is 3. The lowest BCUT2D eigenvalue weighted by molar-refractivity contribution is -0.136. The van der Waals surface area contributed by atoms with Crippen molar-refractivity contribution in [2.45, 2.75) is 11.4 Å². The van der Waals surface area contributed by atoms with Crippen LogP contribution in [0.5, 0.6) is 23.0 Å². The van der Waals surface area contributed by atoms with E-state index >= 15 is 0 Å². The summed E-state index contributed by atoms with van der Waals surface area (Å²) in [5.74, 6) is -1.14. The van der Waals surface area contributed by atoms with Crippen molar-refractivity contribution < 1.29 is 47.2 Å². The maximum atomic E-state index is 14.1.